The molecule has 1 nitrogen and oxygen atoms in total. The van der Waals surface area contributed by atoms with Gasteiger partial charge < -0.3 is 4.12 Å². The zero-order chi connectivity index (χ0) is 16.6. The molecule has 1 aromatic carbocycles. The fourth-order valence-electron chi connectivity index (χ4n) is 2.39. The van der Waals surface area contributed by atoms with Crippen LogP contribution in [0.25, 0.3) is 0 Å². The highest BCUT2D eigenvalue weighted by Gasteiger charge is 2.38. The molecule has 1 atom stereocenters. The smallest absolute Gasteiger partial charge is 0.388 e. The van der Waals surface area contributed by atoms with E-state index in [0.717, 1.165) is 5.56 Å². The van der Waals surface area contributed by atoms with Gasteiger partial charge in [-0.3, -0.25) is 0 Å². The van der Waals surface area contributed by atoms with Crippen LogP contribution < -0.4 is 0 Å². The summed E-state index contributed by atoms with van der Waals surface area (Å²) in [6.07, 6.45) is -3.15. The minimum atomic E-state index is -4.13. The Labute approximate surface area is 134 Å². The van der Waals surface area contributed by atoms with Gasteiger partial charge in [0.1, 0.15) is 9.76 Å². The van der Waals surface area contributed by atoms with Gasteiger partial charge in [0.2, 0.25) is 0 Å². The molecule has 1 aromatic rings. The van der Waals surface area contributed by atoms with Crippen LogP contribution in [0.5, 0.6) is 0 Å². The maximum absolute atomic E-state index is 12.7. The summed E-state index contributed by atoms with van der Waals surface area (Å²) in [6.45, 7) is 7.90. The van der Waals surface area contributed by atoms with E-state index >= 15 is 0 Å². The second-order valence-corrected chi connectivity index (χ2v) is 12.9. The standard InChI is InChI=1S/C16H25F3OSi2/c1-4-11-22(20-21-14(2)3,12-10-16(17,18)19)13-15-8-6-5-7-9-15/h4-9,14H,1,10-13,21H2,2-3H3. The Balaban J connectivity index is 2.93. The van der Waals surface area contributed by atoms with Gasteiger partial charge in [-0.05, 0) is 29.2 Å². The fourth-order valence-corrected chi connectivity index (χ4v) is 9.36. The van der Waals surface area contributed by atoms with Crippen molar-refractivity contribution in [3.8, 4) is 0 Å². The molecule has 0 aromatic heterocycles. The van der Waals surface area contributed by atoms with Gasteiger partial charge in [-0.25, -0.2) is 0 Å². The summed E-state index contributed by atoms with van der Waals surface area (Å²) in [6, 6.07) is 11.0. The van der Waals surface area contributed by atoms with Crippen LogP contribution in [-0.4, -0.2) is 24.3 Å². The van der Waals surface area contributed by atoms with E-state index in [-0.39, 0.29) is 6.04 Å². The van der Waals surface area contributed by atoms with Crippen molar-refractivity contribution in [2.45, 2.75) is 50.1 Å². The number of halogens is 3. The summed E-state index contributed by atoms with van der Waals surface area (Å²) in [5.41, 5.74) is 1.51. The summed E-state index contributed by atoms with van der Waals surface area (Å²) in [7, 11) is -3.30. The first-order valence-corrected chi connectivity index (χ1v) is 11.5. The van der Waals surface area contributed by atoms with Crippen molar-refractivity contribution in [3.63, 3.8) is 0 Å². The molecule has 22 heavy (non-hydrogen) atoms. The van der Waals surface area contributed by atoms with Crippen molar-refractivity contribution in [1.82, 2.24) is 0 Å². The van der Waals surface area contributed by atoms with Gasteiger partial charge in [-0.15, -0.1) is 6.58 Å². The van der Waals surface area contributed by atoms with Gasteiger partial charge in [0.25, 0.3) is 0 Å². The quantitative estimate of drug-likeness (QED) is 0.462. The summed E-state index contributed by atoms with van der Waals surface area (Å²) < 4.78 is 44.4. The lowest BCUT2D eigenvalue weighted by atomic mass is 10.2. The number of alkyl halides is 3. The van der Waals surface area contributed by atoms with Crippen LogP contribution in [0.15, 0.2) is 43.0 Å². The predicted octanol–water partition coefficient (Wildman–Crippen LogP) is 4.78. The summed E-state index contributed by atoms with van der Waals surface area (Å²) >= 11 is 0. The third-order valence-electron chi connectivity index (χ3n) is 3.47. The highest BCUT2D eigenvalue weighted by atomic mass is 28.4. The topological polar surface area (TPSA) is 9.23 Å². The first kappa shape index (κ1) is 19.2. The van der Waals surface area contributed by atoms with E-state index in [4.69, 9.17) is 4.12 Å². The molecule has 0 heterocycles. The van der Waals surface area contributed by atoms with Crippen molar-refractivity contribution in [1.29, 1.82) is 0 Å². The van der Waals surface area contributed by atoms with E-state index in [2.05, 4.69) is 20.4 Å². The Kier molecular flexibility index (Phi) is 7.58. The van der Waals surface area contributed by atoms with E-state index in [1.807, 2.05) is 30.3 Å². The largest absolute Gasteiger partial charge is 0.459 e. The minimum Gasteiger partial charge on any atom is -0.459 e. The molecular formula is C16H25F3OSi2. The molecule has 0 fully saturated rings. The molecule has 0 saturated carbocycles. The minimum absolute atomic E-state index is 0.122. The van der Waals surface area contributed by atoms with Crippen LogP contribution >= 0.6 is 0 Å². The van der Waals surface area contributed by atoms with Crippen LogP contribution in [0.4, 0.5) is 13.2 Å². The molecular weight excluding hydrogens is 321 g/mol. The zero-order valence-electron chi connectivity index (χ0n) is 13.3. The molecule has 1 rings (SSSR count). The third-order valence-corrected chi connectivity index (χ3v) is 10.5. The number of hydrogen-bond acceptors (Lipinski definition) is 1. The molecule has 124 valence electrons. The lowest BCUT2D eigenvalue weighted by molar-refractivity contribution is -0.131. The highest BCUT2D eigenvalue weighted by Crippen LogP contribution is 2.31. The normalized spacial score (nSPS) is 15.4. The van der Waals surface area contributed by atoms with Crippen LogP contribution in [0.2, 0.25) is 17.6 Å². The third kappa shape index (κ3) is 7.42. The highest BCUT2D eigenvalue weighted by molar-refractivity contribution is 6.77. The Bertz CT molecular complexity index is 448. The van der Waals surface area contributed by atoms with E-state index in [9.17, 15) is 13.2 Å². The van der Waals surface area contributed by atoms with Gasteiger partial charge in [-0.1, -0.05) is 50.3 Å². The van der Waals surface area contributed by atoms with Gasteiger partial charge in [-0.2, -0.15) is 13.2 Å². The molecule has 0 aliphatic heterocycles. The maximum atomic E-state index is 12.7. The van der Waals surface area contributed by atoms with E-state index in [1.54, 1.807) is 6.08 Å². The number of hydrogen-bond donors (Lipinski definition) is 0. The van der Waals surface area contributed by atoms with E-state index in [1.165, 1.54) is 0 Å². The van der Waals surface area contributed by atoms with Crippen molar-refractivity contribution < 1.29 is 17.3 Å². The lowest BCUT2D eigenvalue weighted by Gasteiger charge is -2.32. The summed E-state index contributed by atoms with van der Waals surface area (Å²) in [4.78, 5) is 0. The molecule has 0 saturated heterocycles. The second kappa shape index (κ2) is 8.69. The Morgan fingerprint density at radius 1 is 1.27 bits per heavy atom. The molecule has 0 bridgehead atoms. The van der Waals surface area contributed by atoms with Gasteiger partial charge in [0.15, 0.2) is 8.32 Å². The molecule has 0 radical (unpaired) electrons. The van der Waals surface area contributed by atoms with Gasteiger partial charge in [0, 0.05) is 6.42 Å². The molecule has 1 unspecified atom stereocenters. The van der Waals surface area contributed by atoms with Crippen molar-refractivity contribution in [3.05, 3.63) is 48.6 Å². The second-order valence-electron chi connectivity index (χ2n) is 6.16. The fraction of sp³-hybridized carbons (Fsp3) is 0.500. The lowest BCUT2D eigenvalue weighted by Crippen LogP contribution is -2.43. The average molecular weight is 347 g/mol. The molecule has 0 N–H and O–H groups in total. The summed E-state index contributed by atoms with van der Waals surface area (Å²) in [5, 5.41) is 0. The number of rotatable bonds is 9. The molecule has 0 aliphatic carbocycles. The average Bonchev–Trinajstić information content (AvgIpc) is 2.44. The number of benzene rings is 1. The van der Waals surface area contributed by atoms with Crippen LogP contribution in [0, 0.1) is 0 Å². The first-order chi connectivity index (χ1) is 10.3. The van der Waals surface area contributed by atoms with Crippen molar-refractivity contribution >= 4 is 18.1 Å². The SMILES string of the molecule is C=CC[Si](CCC(F)(F)F)(Cc1ccccc1)O[SiH2]C(C)C. The van der Waals surface area contributed by atoms with Gasteiger partial charge in [0.05, 0.1) is 0 Å². The van der Waals surface area contributed by atoms with Crippen molar-refractivity contribution in [2.24, 2.45) is 0 Å². The molecule has 6 heteroatoms. The van der Waals surface area contributed by atoms with E-state index in [0.29, 0.717) is 17.6 Å². The van der Waals surface area contributed by atoms with E-state index < -0.39 is 30.7 Å². The van der Waals surface area contributed by atoms with Crippen molar-refractivity contribution in [2.75, 3.05) is 0 Å². The van der Waals surface area contributed by atoms with Crippen LogP contribution in [-0.2, 0) is 10.2 Å². The number of allylic oxidation sites excluding steroid dienone is 1. The van der Waals surface area contributed by atoms with Crippen LogP contribution in [0.1, 0.15) is 25.8 Å². The Hall–Kier alpha value is -0.856. The zero-order valence-corrected chi connectivity index (χ0v) is 15.7. The molecule has 0 spiro atoms. The molecule has 0 aliphatic rings. The summed E-state index contributed by atoms with van der Waals surface area (Å²) in [5.74, 6) is 0. The molecule has 0 amide bonds. The Morgan fingerprint density at radius 3 is 2.41 bits per heavy atom. The monoisotopic (exact) mass is 346 g/mol. The van der Waals surface area contributed by atoms with Crippen LogP contribution in [0.3, 0.4) is 0 Å². The Morgan fingerprint density at radius 2 is 1.91 bits per heavy atom. The maximum Gasteiger partial charge on any atom is 0.388 e. The van der Waals surface area contributed by atoms with Gasteiger partial charge >= 0.3 is 6.18 Å². The predicted molar refractivity (Wildman–Crippen MR) is 91.1 cm³/mol. The first-order valence-electron chi connectivity index (χ1n) is 7.62.